The maximum Gasteiger partial charge on any atom is 0.338 e. The van der Waals surface area contributed by atoms with E-state index in [4.69, 9.17) is 4.74 Å². The second-order valence-corrected chi connectivity index (χ2v) is 13.5. The maximum absolute atomic E-state index is 12.2. The van der Waals surface area contributed by atoms with E-state index in [0.29, 0.717) is 0 Å². The average Bonchev–Trinajstić information content (AvgIpc) is 2.55. The van der Waals surface area contributed by atoms with Gasteiger partial charge in [-0.05, 0) is 10.6 Å². The van der Waals surface area contributed by atoms with Crippen LogP contribution in [0.25, 0.3) is 0 Å². The molecule has 0 saturated carbocycles. The first-order valence-electron chi connectivity index (χ1n) is 8.85. The van der Waals surface area contributed by atoms with Crippen LogP contribution >= 0.6 is 0 Å². The lowest BCUT2D eigenvalue weighted by Gasteiger charge is -2.56. The van der Waals surface area contributed by atoms with Crippen molar-refractivity contribution in [2.24, 2.45) is 0 Å². The van der Waals surface area contributed by atoms with Gasteiger partial charge in [-0.25, -0.2) is 4.79 Å². The number of ether oxygens (including phenoxy) is 1. The fourth-order valence-corrected chi connectivity index (χ4v) is 5.48. The fourth-order valence-electron chi connectivity index (χ4n) is 2.97. The molecule has 0 bridgehead atoms. The molecule has 1 aromatic carbocycles. The van der Waals surface area contributed by atoms with E-state index in [-0.39, 0.29) is 24.0 Å². The summed E-state index contributed by atoms with van der Waals surface area (Å²) in [6.07, 6.45) is -2.90. The van der Waals surface area contributed by atoms with Crippen LogP contribution in [-0.4, -0.2) is 53.1 Å². The largest absolute Gasteiger partial charge is 0.459 e. The third-order valence-corrected chi connectivity index (χ3v) is 11.1. The van der Waals surface area contributed by atoms with Crippen LogP contribution in [0, 0.1) is 0 Å². The van der Waals surface area contributed by atoms with Gasteiger partial charge in [0.2, 0.25) is 5.91 Å². The minimum absolute atomic E-state index is 0.0268. The third-order valence-electron chi connectivity index (χ3n) is 5.60. The Morgan fingerprint density at radius 3 is 2.35 bits per heavy atom. The number of carbonyl (C=O) groups excluding carboxylic acids is 2. The summed E-state index contributed by atoms with van der Waals surface area (Å²) in [4.78, 5) is 24.3. The van der Waals surface area contributed by atoms with Crippen LogP contribution in [0.4, 0.5) is 0 Å². The summed E-state index contributed by atoms with van der Waals surface area (Å²) in [5.41, 5.74) is 0.796. The molecule has 1 saturated heterocycles. The number of aliphatic hydroxyl groups excluding tert-OH is 2. The van der Waals surface area contributed by atoms with Crippen molar-refractivity contribution in [2.45, 2.75) is 70.2 Å². The number of benzene rings is 1. The summed E-state index contributed by atoms with van der Waals surface area (Å²) in [6, 6.07) is 8.56. The van der Waals surface area contributed by atoms with E-state index in [2.05, 4.69) is 33.9 Å². The van der Waals surface area contributed by atoms with Crippen LogP contribution in [-0.2, 0) is 20.9 Å². The molecule has 0 aliphatic carbocycles. The second-order valence-electron chi connectivity index (χ2n) is 8.37. The summed E-state index contributed by atoms with van der Waals surface area (Å²) in [7, 11) is -2.20. The van der Waals surface area contributed by atoms with Crippen molar-refractivity contribution < 1.29 is 24.5 Å². The van der Waals surface area contributed by atoms with Gasteiger partial charge in [-0.1, -0.05) is 64.2 Å². The lowest BCUT2D eigenvalue weighted by molar-refractivity contribution is -0.169. The summed E-state index contributed by atoms with van der Waals surface area (Å²) < 4.78 is 6.82. The van der Waals surface area contributed by atoms with Crippen LogP contribution < -0.4 is 0 Å². The van der Waals surface area contributed by atoms with E-state index in [1.165, 1.54) is 0 Å². The summed E-state index contributed by atoms with van der Waals surface area (Å²) in [5.74, 6) is -0.915. The normalized spacial score (nSPS) is 20.3. The van der Waals surface area contributed by atoms with Gasteiger partial charge >= 0.3 is 5.97 Å². The van der Waals surface area contributed by atoms with Gasteiger partial charge in [-0.15, -0.1) is 0 Å². The number of β-lactam (4-membered cyclic amide) rings is 1. The Hall–Kier alpha value is -1.70. The van der Waals surface area contributed by atoms with E-state index in [1.807, 2.05) is 18.2 Å². The molecule has 26 heavy (non-hydrogen) atoms. The molecule has 0 spiro atoms. The van der Waals surface area contributed by atoms with Gasteiger partial charge in [-0.2, -0.15) is 0 Å². The van der Waals surface area contributed by atoms with Gasteiger partial charge in [0.25, 0.3) is 0 Å². The summed E-state index contributed by atoms with van der Waals surface area (Å²) in [6.45, 7) is 10.4. The molecule has 7 heteroatoms. The molecule has 6 nitrogen and oxygen atoms in total. The van der Waals surface area contributed by atoms with Gasteiger partial charge < -0.3 is 19.5 Å². The molecular weight excluding hydrogens is 350 g/mol. The van der Waals surface area contributed by atoms with Crippen molar-refractivity contribution in [1.82, 2.24) is 4.57 Å². The molecule has 2 rings (SSSR count). The third kappa shape index (κ3) is 4.00. The minimum atomic E-state index is -2.20. The minimum Gasteiger partial charge on any atom is -0.459 e. The van der Waals surface area contributed by atoms with Crippen molar-refractivity contribution in [3.63, 3.8) is 0 Å². The van der Waals surface area contributed by atoms with Crippen LogP contribution in [0.15, 0.2) is 30.3 Å². The number of carbonyl (C=O) groups is 2. The van der Waals surface area contributed by atoms with Gasteiger partial charge in [0.15, 0.2) is 14.3 Å². The highest BCUT2D eigenvalue weighted by Gasteiger charge is 2.55. The predicted molar refractivity (Wildman–Crippen MR) is 101 cm³/mol. The van der Waals surface area contributed by atoms with Crippen LogP contribution in [0.5, 0.6) is 0 Å². The Labute approximate surface area is 155 Å². The number of hydrogen-bond acceptors (Lipinski definition) is 5. The molecule has 2 N–H and O–H groups in total. The molecular formula is C19H29NO5Si. The van der Waals surface area contributed by atoms with Crippen LogP contribution in [0.3, 0.4) is 0 Å². The molecule has 1 aromatic rings. The number of rotatable bonds is 6. The Morgan fingerprint density at radius 1 is 1.27 bits per heavy atom. The van der Waals surface area contributed by atoms with E-state index in [0.717, 1.165) is 5.56 Å². The lowest BCUT2D eigenvalue weighted by Crippen LogP contribution is -2.72. The van der Waals surface area contributed by atoms with Gasteiger partial charge in [0, 0.05) is 6.42 Å². The summed E-state index contributed by atoms with van der Waals surface area (Å²) in [5, 5.41) is 20.6. The molecule has 0 radical (unpaired) electrons. The molecule has 1 heterocycles. The molecule has 3 atom stereocenters. The average molecular weight is 380 g/mol. The Kier molecular flexibility index (Phi) is 5.94. The number of nitrogens with zero attached hydrogens (tertiary/aromatic N) is 1. The Balaban J connectivity index is 2.01. The number of amides is 1. The first kappa shape index (κ1) is 20.6. The van der Waals surface area contributed by atoms with Gasteiger partial charge in [0.05, 0.1) is 6.04 Å². The Morgan fingerprint density at radius 2 is 1.85 bits per heavy atom. The second kappa shape index (κ2) is 7.50. The first-order chi connectivity index (χ1) is 12.0. The highest BCUT2D eigenvalue weighted by molar-refractivity contribution is 6.80. The molecule has 1 aliphatic heterocycles. The van der Waals surface area contributed by atoms with E-state index in [1.54, 1.807) is 16.7 Å². The highest BCUT2D eigenvalue weighted by atomic mass is 28.3. The molecule has 144 valence electrons. The van der Waals surface area contributed by atoms with Crippen molar-refractivity contribution >= 4 is 20.1 Å². The molecule has 1 amide bonds. The standard InChI is InChI=1S/C19H29NO5Si/c1-19(2,3)26(4,5)20-14(11-15(20)21)16(22)17(23)18(24)25-12-13-9-7-6-8-10-13/h6-10,14,16-17,22-23H,11-12H2,1-5H3/t14-,16-,17-/m0/s1. The monoisotopic (exact) mass is 379 g/mol. The zero-order chi connectivity index (χ0) is 19.7. The van der Waals surface area contributed by atoms with Crippen molar-refractivity contribution in [2.75, 3.05) is 0 Å². The zero-order valence-electron chi connectivity index (χ0n) is 16.1. The topological polar surface area (TPSA) is 87.1 Å². The zero-order valence-corrected chi connectivity index (χ0v) is 17.1. The number of hydrogen-bond donors (Lipinski definition) is 2. The maximum atomic E-state index is 12.2. The fraction of sp³-hybridized carbons (Fsp3) is 0.579. The van der Waals surface area contributed by atoms with Gasteiger partial charge in [0.1, 0.15) is 12.7 Å². The van der Waals surface area contributed by atoms with Gasteiger partial charge in [-0.3, -0.25) is 4.79 Å². The molecule has 1 fully saturated rings. The van der Waals surface area contributed by atoms with Crippen LogP contribution in [0.1, 0.15) is 32.8 Å². The Bertz CT molecular complexity index is 656. The number of aliphatic hydroxyl groups is 2. The molecule has 1 aliphatic rings. The SMILES string of the molecule is CC(C)(C)[Si](C)(C)N1C(=O)C[C@H]1[C@H](O)[C@H](O)C(=O)OCc1ccccc1. The van der Waals surface area contributed by atoms with E-state index in [9.17, 15) is 19.8 Å². The molecule has 0 unspecified atom stereocenters. The quantitative estimate of drug-likeness (QED) is 0.449. The smallest absolute Gasteiger partial charge is 0.338 e. The first-order valence-corrected chi connectivity index (χ1v) is 11.8. The van der Waals surface area contributed by atoms with Crippen molar-refractivity contribution in [3.05, 3.63) is 35.9 Å². The van der Waals surface area contributed by atoms with Crippen LogP contribution in [0.2, 0.25) is 18.1 Å². The van der Waals surface area contributed by atoms with Crippen molar-refractivity contribution in [3.8, 4) is 0 Å². The van der Waals surface area contributed by atoms with E-state index < -0.39 is 32.5 Å². The van der Waals surface area contributed by atoms with Crippen molar-refractivity contribution in [1.29, 1.82) is 0 Å². The summed E-state index contributed by atoms with van der Waals surface area (Å²) >= 11 is 0. The lowest BCUT2D eigenvalue weighted by atomic mass is 9.96. The highest BCUT2D eigenvalue weighted by Crippen LogP contribution is 2.43. The molecule has 0 aromatic heterocycles. The predicted octanol–water partition coefficient (Wildman–Crippen LogP) is 2.06. The number of esters is 1. The van der Waals surface area contributed by atoms with E-state index >= 15 is 0 Å².